The largest absolute Gasteiger partial charge is 0.368 e. The van der Waals surface area contributed by atoms with Gasteiger partial charge in [0.15, 0.2) is 5.82 Å². The molecule has 138 valence electrons. The van der Waals surface area contributed by atoms with Crippen LogP contribution >= 0.6 is 22.9 Å². The van der Waals surface area contributed by atoms with Gasteiger partial charge in [-0.15, -0.1) is 11.3 Å². The number of anilines is 2. The smallest absolute Gasteiger partial charge is 0.205 e. The van der Waals surface area contributed by atoms with Gasteiger partial charge in [-0.1, -0.05) is 12.1 Å². The molecule has 3 aromatic rings. The van der Waals surface area contributed by atoms with E-state index < -0.39 is 9.84 Å². The van der Waals surface area contributed by atoms with Crippen LogP contribution in [0.5, 0.6) is 0 Å². The summed E-state index contributed by atoms with van der Waals surface area (Å²) in [5.74, 6) is 0.795. The lowest BCUT2D eigenvalue weighted by atomic mass is 10.2. The third-order valence-corrected chi connectivity index (χ3v) is 7.91. The standard InChI is InChI=1S/C18H16N4O2S3/c23-27(24)11-5-13-3-4-14(12-16(13)27)21-6-8-22(9-7-21)18-19-17(20-26-18)15-2-1-10-25-15/h1-5,10-12H,6-9H2. The molecule has 2 aliphatic rings. The second kappa shape index (κ2) is 6.43. The maximum Gasteiger partial charge on any atom is 0.205 e. The monoisotopic (exact) mass is 416 g/mol. The Labute approximate surface area is 165 Å². The van der Waals surface area contributed by atoms with Crippen LogP contribution in [0, 0.1) is 0 Å². The van der Waals surface area contributed by atoms with Crippen LogP contribution in [-0.2, 0) is 9.84 Å². The lowest BCUT2D eigenvalue weighted by molar-refractivity contribution is 0.605. The van der Waals surface area contributed by atoms with Crippen LogP contribution in [0.25, 0.3) is 16.8 Å². The first-order valence-corrected chi connectivity index (χ1v) is 11.7. The Morgan fingerprint density at radius 2 is 1.85 bits per heavy atom. The molecule has 4 heterocycles. The van der Waals surface area contributed by atoms with Gasteiger partial charge in [0, 0.05) is 48.8 Å². The fraction of sp³-hybridized carbons (Fsp3) is 0.222. The van der Waals surface area contributed by atoms with Crippen LogP contribution < -0.4 is 9.80 Å². The van der Waals surface area contributed by atoms with E-state index in [-0.39, 0.29) is 0 Å². The Kier molecular flexibility index (Phi) is 4.03. The van der Waals surface area contributed by atoms with E-state index in [1.54, 1.807) is 23.5 Å². The van der Waals surface area contributed by atoms with Gasteiger partial charge in [0.2, 0.25) is 15.0 Å². The number of fused-ring (bicyclic) bond motifs is 1. The molecule has 6 nitrogen and oxygen atoms in total. The highest BCUT2D eigenvalue weighted by atomic mass is 32.2. The molecular weight excluding hydrogens is 400 g/mol. The van der Waals surface area contributed by atoms with E-state index in [2.05, 4.69) is 19.2 Å². The highest BCUT2D eigenvalue weighted by Gasteiger charge is 2.24. The lowest BCUT2D eigenvalue weighted by Crippen LogP contribution is -2.46. The van der Waals surface area contributed by atoms with Crippen molar-refractivity contribution in [1.82, 2.24) is 9.36 Å². The van der Waals surface area contributed by atoms with Gasteiger partial charge in [0.05, 0.1) is 9.77 Å². The predicted molar refractivity (Wildman–Crippen MR) is 110 cm³/mol. The highest BCUT2D eigenvalue weighted by molar-refractivity contribution is 7.94. The van der Waals surface area contributed by atoms with Crippen molar-refractivity contribution in [3.63, 3.8) is 0 Å². The average Bonchev–Trinajstić information content (AvgIpc) is 3.42. The second-order valence-electron chi connectivity index (χ2n) is 6.42. The number of benzene rings is 1. The molecule has 0 aliphatic carbocycles. The van der Waals surface area contributed by atoms with Gasteiger partial charge in [0.1, 0.15) is 0 Å². The van der Waals surface area contributed by atoms with Crippen molar-refractivity contribution >= 4 is 49.6 Å². The SMILES string of the molecule is O=S1(=O)C=Cc2ccc(N3CCN(c4nc(-c5cccs5)ns4)CC3)cc21. The summed E-state index contributed by atoms with van der Waals surface area (Å²) in [5.41, 5.74) is 1.73. The Hall–Kier alpha value is -2.23. The number of sulfone groups is 1. The molecule has 0 unspecified atom stereocenters. The molecule has 0 amide bonds. The van der Waals surface area contributed by atoms with Crippen molar-refractivity contribution in [2.75, 3.05) is 36.0 Å². The summed E-state index contributed by atoms with van der Waals surface area (Å²) in [7, 11) is -3.27. The number of nitrogens with zero attached hydrogens (tertiary/aromatic N) is 4. The molecule has 1 aromatic carbocycles. The van der Waals surface area contributed by atoms with Gasteiger partial charge in [0.25, 0.3) is 0 Å². The summed E-state index contributed by atoms with van der Waals surface area (Å²) in [4.78, 5) is 10.6. The number of piperazine rings is 1. The average molecular weight is 417 g/mol. The molecule has 5 rings (SSSR count). The van der Waals surface area contributed by atoms with Crippen LogP contribution in [-0.4, -0.2) is 44.0 Å². The molecule has 27 heavy (non-hydrogen) atoms. The summed E-state index contributed by atoms with van der Waals surface area (Å²) < 4.78 is 28.7. The maximum absolute atomic E-state index is 12.1. The molecule has 2 aromatic heterocycles. The molecule has 0 saturated carbocycles. The van der Waals surface area contributed by atoms with Crippen molar-refractivity contribution in [3.8, 4) is 10.7 Å². The van der Waals surface area contributed by atoms with E-state index >= 15 is 0 Å². The van der Waals surface area contributed by atoms with Gasteiger partial charge in [-0.3, -0.25) is 0 Å². The molecule has 0 bridgehead atoms. The molecule has 1 fully saturated rings. The third-order valence-electron chi connectivity index (χ3n) is 4.80. The van der Waals surface area contributed by atoms with E-state index in [9.17, 15) is 8.42 Å². The summed E-state index contributed by atoms with van der Waals surface area (Å²) >= 11 is 3.08. The number of thiophene rings is 1. The van der Waals surface area contributed by atoms with E-state index in [0.29, 0.717) is 4.90 Å². The summed E-state index contributed by atoms with van der Waals surface area (Å²) in [5, 5.41) is 4.25. The zero-order valence-corrected chi connectivity index (χ0v) is 16.7. The number of aromatic nitrogens is 2. The van der Waals surface area contributed by atoms with Crippen LogP contribution in [0.3, 0.4) is 0 Å². The minimum atomic E-state index is -3.27. The lowest BCUT2D eigenvalue weighted by Gasteiger charge is -2.35. The molecule has 0 atom stereocenters. The van der Waals surface area contributed by atoms with Gasteiger partial charge in [-0.05, 0) is 35.2 Å². The molecule has 0 spiro atoms. The van der Waals surface area contributed by atoms with Crippen LogP contribution in [0.2, 0.25) is 0 Å². The fourth-order valence-corrected chi connectivity index (χ4v) is 6.02. The molecular formula is C18H16N4O2S3. The maximum atomic E-state index is 12.1. The highest BCUT2D eigenvalue weighted by Crippen LogP contribution is 2.32. The minimum Gasteiger partial charge on any atom is -0.368 e. The Morgan fingerprint density at radius 3 is 2.63 bits per heavy atom. The Bertz CT molecular complexity index is 1110. The molecule has 0 radical (unpaired) electrons. The van der Waals surface area contributed by atoms with Gasteiger partial charge in [-0.2, -0.15) is 9.36 Å². The van der Waals surface area contributed by atoms with Crippen molar-refractivity contribution in [2.24, 2.45) is 0 Å². The van der Waals surface area contributed by atoms with E-state index in [1.807, 2.05) is 29.6 Å². The topological polar surface area (TPSA) is 66.4 Å². The fourth-order valence-electron chi connectivity index (χ4n) is 3.35. The van der Waals surface area contributed by atoms with Crippen molar-refractivity contribution < 1.29 is 8.42 Å². The number of hydrogen-bond acceptors (Lipinski definition) is 8. The summed E-state index contributed by atoms with van der Waals surface area (Å²) in [6.45, 7) is 3.31. The minimum absolute atomic E-state index is 0.409. The van der Waals surface area contributed by atoms with Crippen molar-refractivity contribution in [3.05, 3.63) is 46.7 Å². The molecule has 9 heteroatoms. The first kappa shape index (κ1) is 16.9. The first-order chi connectivity index (χ1) is 13.1. The van der Waals surface area contributed by atoms with Crippen LogP contribution in [0.1, 0.15) is 5.56 Å². The number of rotatable bonds is 3. The summed E-state index contributed by atoms with van der Waals surface area (Å²) in [6, 6.07) is 9.72. The van der Waals surface area contributed by atoms with E-state index in [4.69, 9.17) is 0 Å². The van der Waals surface area contributed by atoms with Gasteiger partial charge in [-0.25, -0.2) is 8.42 Å². The third kappa shape index (κ3) is 3.05. The van der Waals surface area contributed by atoms with E-state index in [0.717, 1.165) is 53.3 Å². The quantitative estimate of drug-likeness (QED) is 0.652. The van der Waals surface area contributed by atoms with Crippen molar-refractivity contribution in [1.29, 1.82) is 0 Å². The Morgan fingerprint density at radius 1 is 1.04 bits per heavy atom. The van der Waals surface area contributed by atoms with Gasteiger partial charge < -0.3 is 9.80 Å². The Balaban J connectivity index is 1.30. The first-order valence-electron chi connectivity index (χ1n) is 8.55. The molecule has 1 saturated heterocycles. The normalized spacial score (nSPS) is 18.1. The van der Waals surface area contributed by atoms with Crippen LogP contribution in [0.15, 0.2) is 46.0 Å². The van der Waals surface area contributed by atoms with E-state index in [1.165, 1.54) is 16.9 Å². The zero-order chi connectivity index (χ0) is 18.4. The van der Waals surface area contributed by atoms with Gasteiger partial charge >= 0.3 is 0 Å². The zero-order valence-electron chi connectivity index (χ0n) is 14.3. The number of hydrogen-bond donors (Lipinski definition) is 0. The van der Waals surface area contributed by atoms with Crippen molar-refractivity contribution in [2.45, 2.75) is 4.90 Å². The molecule has 2 aliphatic heterocycles. The molecule has 0 N–H and O–H groups in total. The van der Waals surface area contributed by atoms with Crippen LogP contribution in [0.4, 0.5) is 10.8 Å². The summed E-state index contributed by atoms with van der Waals surface area (Å²) in [6.07, 6.45) is 1.66. The second-order valence-corrected chi connectivity index (χ2v) is 9.90. The predicted octanol–water partition coefficient (Wildman–Crippen LogP) is 3.35.